The first-order valence-electron chi connectivity index (χ1n) is 5.81. The first kappa shape index (κ1) is 14.7. The summed E-state index contributed by atoms with van der Waals surface area (Å²) in [5.41, 5.74) is 7.27. The van der Waals surface area contributed by atoms with Crippen molar-refractivity contribution in [3.8, 4) is 0 Å². The molecule has 0 radical (unpaired) electrons. The van der Waals surface area contributed by atoms with Gasteiger partial charge in [0.1, 0.15) is 5.82 Å². The molecule has 1 aliphatic carbocycles. The summed E-state index contributed by atoms with van der Waals surface area (Å²) in [6, 6.07) is 3.18. The summed E-state index contributed by atoms with van der Waals surface area (Å²) in [7, 11) is 0. The van der Waals surface area contributed by atoms with Crippen molar-refractivity contribution < 1.29 is 4.39 Å². The third-order valence-corrected chi connectivity index (χ3v) is 3.89. The molecule has 96 valence electrons. The van der Waals surface area contributed by atoms with E-state index < -0.39 is 0 Å². The van der Waals surface area contributed by atoms with Crippen molar-refractivity contribution in [3.63, 3.8) is 0 Å². The molecular formula is C13H18Cl2FN. The Kier molecular flexibility index (Phi) is 5.23. The second-order valence-electron chi connectivity index (χ2n) is 4.66. The molecule has 1 aromatic carbocycles. The molecule has 0 heterocycles. The van der Waals surface area contributed by atoms with Crippen LogP contribution in [0, 0.1) is 18.7 Å². The third kappa shape index (κ3) is 2.93. The molecule has 0 saturated heterocycles. The molecule has 1 aliphatic rings. The Morgan fingerprint density at radius 2 is 1.94 bits per heavy atom. The lowest BCUT2D eigenvalue weighted by Gasteiger charge is -2.21. The number of benzene rings is 1. The van der Waals surface area contributed by atoms with Gasteiger partial charge in [0, 0.05) is 16.6 Å². The van der Waals surface area contributed by atoms with E-state index in [1.165, 1.54) is 12.8 Å². The Labute approximate surface area is 113 Å². The standard InChI is InChI=1S/C13H17ClFN.ClH/c1-8-6-7-10(14)11(12(8)15)13(16)9-4-2-3-5-9;/h6-7,9,13H,2-5,16H2,1H3;1H/t13-;/m0./s1. The molecule has 1 aromatic rings. The summed E-state index contributed by atoms with van der Waals surface area (Å²) < 4.78 is 14.0. The largest absolute Gasteiger partial charge is 0.324 e. The zero-order valence-corrected chi connectivity index (χ0v) is 11.5. The monoisotopic (exact) mass is 277 g/mol. The van der Waals surface area contributed by atoms with E-state index in [0.29, 0.717) is 22.1 Å². The van der Waals surface area contributed by atoms with Crippen LogP contribution in [0.3, 0.4) is 0 Å². The van der Waals surface area contributed by atoms with Crippen LogP contribution in [0.4, 0.5) is 4.39 Å². The molecule has 2 rings (SSSR count). The van der Waals surface area contributed by atoms with Gasteiger partial charge in [-0.3, -0.25) is 0 Å². The normalized spacial score (nSPS) is 17.9. The Morgan fingerprint density at radius 3 is 2.53 bits per heavy atom. The predicted octanol–water partition coefficient (Wildman–Crippen LogP) is 4.40. The number of hydrogen-bond acceptors (Lipinski definition) is 1. The Morgan fingerprint density at radius 1 is 1.35 bits per heavy atom. The maximum absolute atomic E-state index is 14.0. The lowest BCUT2D eigenvalue weighted by Crippen LogP contribution is -2.21. The van der Waals surface area contributed by atoms with Gasteiger partial charge in [0.25, 0.3) is 0 Å². The molecule has 2 N–H and O–H groups in total. The lowest BCUT2D eigenvalue weighted by molar-refractivity contribution is 0.428. The fourth-order valence-electron chi connectivity index (χ4n) is 2.54. The quantitative estimate of drug-likeness (QED) is 0.852. The fourth-order valence-corrected chi connectivity index (χ4v) is 2.81. The highest BCUT2D eigenvalue weighted by molar-refractivity contribution is 6.31. The molecule has 1 saturated carbocycles. The molecule has 0 unspecified atom stereocenters. The molecule has 1 atom stereocenters. The van der Waals surface area contributed by atoms with E-state index in [1.54, 1.807) is 19.1 Å². The van der Waals surface area contributed by atoms with Crippen LogP contribution in [0.15, 0.2) is 12.1 Å². The summed E-state index contributed by atoms with van der Waals surface area (Å²) in [4.78, 5) is 0. The number of hydrogen-bond donors (Lipinski definition) is 1. The number of rotatable bonds is 2. The smallest absolute Gasteiger partial charge is 0.132 e. The summed E-state index contributed by atoms with van der Waals surface area (Å²) in [5.74, 6) is 0.153. The maximum Gasteiger partial charge on any atom is 0.132 e. The summed E-state index contributed by atoms with van der Waals surface area (Å²) >= 11 is 6.05. The Bertz CT molecular complexity index is 389. The van der Waals surface area contributed by atoms with Gasteiger partial charge in [0.05, 0.1) is 0 Å². The van der Waals surface area contributed by atoms with Gasteiger partial charge in [-0.1, -0.05) is 30.5 Å². The Hall–Kier alpha value is -0.310. The molecule has 0 spiro atoms. The zero-order chi connectivity index (χ0) is 11.7. The average Bonchev–Trinajstić information content (AvgIpc) is 2.77. The van der Waals surface area contributed by atoms with Crippen LogP contribution in [0.1, 0.15) is 42.9 Å². The van der Waals surface area contributed by atoms with Crippen molar-refractivity contribution >= 4 is 24.0 Å². The van der Waals surface area contributed by atoms with E-state index in [1.807, 2.05) is 0 Å². The zero-order valence-electron chi connectivity index (χ0n) is 9.88. The van der Waals surface area contributed by atoms with Crippen LogP contribution in [0.5, 0.6) is 0 Å². The van der Waals surface area contributed by atoms with Crippen LogP contribution >= 0.6 is 24.0 Å². The van der Waals surface area contributed by atoms with Crippen molar-refractivity contribution in [1.82, 2.24) is 0 Å². The fraction of sp³-hybridized carbons (Fsp3) is 0.538. The molecule has 0 aliphatic heterocycles. The molecular weight excluding hydrogens is 260 g/mol. The van der Waals surface area contributed by atoms with E-state index in [2.05, 4.69) is 0 Å². The number of halogens is 3. The summed E-state index contributed by atoms with van der Waals surface area (Å²) in [6.07, 6.45) is 4.57. The van der Waals surface area contributed by atoms with Gasteiger partial charge >= 0.3 is 0 Å². The minimum atomic E-state index is -0.255. The maximum atomic E-state index is 14.0. The van der Waals surface area contributed by atoms with Gasteiger partial charge in [0.15, 0.2) is 0 Å². The molecule has 1 fully saturated rings. The van der Waals surface area contributed by atoms with Crippen LogP contribution in [0.25, 0.3) is 0 Å². The van der Waals surface area contributed by atoms with E-state index >= 15 is 0 Å². The van der Waals surface area contributed by atoms with Crippen LogP contribution < -0.4 is 5.73 Å². The van der Waals surface area contributed by atoms with Crippen LogP contribution in [-0.4, -0.2) is 0 Å². The number of aryl methyl sites for hydroxylation is 1. The van der Waals surface area contributed by atoms with Crippen molar-refractivity contribution in [2.45, 2.75) is 38.6 Å². The van der Waals surface area contributed by atoms with Gasteiger partial charge in [-0.05, 0) is 37.3 Å². The average molecular weight is 278 g/mol. The number of nitrogens with two attached hydrogens (primary N) is 1. The van der Waals surface area contributed by atoms with Gasteiger partial charge in [-0.25, -0.2) is 4.39 Å². The highest BCUT2D eigenvalue weighted by Gasteiger charge is 2.27. The van der Waals surface area contributed by atoms with Crippen molar-refractivity contribution in [2.24, 2.45) is 11.7 Å². The van der Waals surface area contributed by atoms with Crippen LogP contribution in [-0.2, 0) is 0 Å². The van der Waals surface area contributed by atoms with Crippen molar-refractivity contribution in [2.75, 3.05) is 0 Å². The van der Waals surface area contributed by atoms with E-state index in [0.717, 1.165) is 12.8 Å². The van der Waals surface area contributed by atoms with E-state index in [4.69, 9.17) is 17.3 Å². The van der Waals surface area contributed by atoms with Crippen LogP contribution in [0.2, 0.25) is 5.02 Å². The van der Waals surface area contributed by atoms with E-state index in [9.17, 15) is 4.39 Å². The predicted molar refractivity (Wildman–Crippen MR) is 72.3 cm³/mol. The minimum absolute atomic E-state index is 0. The van der Waals surface area contributed by atoms with Gasteiger partial charge in [-0.2, -0.15) is 0 Å². The van der Waals surface area contributed by atoms with E-state index in [-0.39, 0.29) is 24.3 Å². The molecule has 1 nitrogen and oxygen atoms in total. The van der Waals surface area contributed by atoms with Gasteiger partial charge in [0.2, 0.25) is 0 Å². The van der Waals surface area contributed by atoms with Gasteiger partial charge < -0.3 is 5.73 Å². The van der Waals surface area contributed by atoms with Crippen molar-refractivity contribution in [3.05, 3.63) is 34.1 Å². The molecule has 4 heteroatoms. The molecule has 17 heavy (non-hydrogen) atoms. The first-order valence-corrected chi connectivity index (χ1v) is 6.19. The SMILES string of the molecule is Cc1ccc(Cl)c([C@@H](N)C2CCCC2)c1F.Cl. The summed E-state index contributed by atoms with van der Waals surface area (Å²) in [5, 5.41) is 0.461. The highest BCUT2D eigenvalue weighted by Crippen LogP contribution is 2.38. The highest BCUT2D eigenvalue weighted by atomic mass is 35.5. The topological polar surface area (TPSA) is 26.0 Å². The lowest BCUT2D eigenvalue weighted by atomic mass is 9.91. The second kappa shape index (κ2) is 6.03. The van der Waals surface area contributed by atoms with Gasteiger partial charge in [-0.15, -0.1) is 12.4 Å². The first-order chi connectivity index (χ1) is 7.61. The summed E-state index contributed by atoms with van der Waals surface area (Å²) in [6.45, 7) is 1.75. The third-order valence-electron chi connectivity index (χ3n) is 3.56. The minimum Gasteiger partial charge on any atom is -0.324 e. The second-order valence-corrected chi connectivity index (χ2v) is 5.07. The molecule has 0 aromatic heterocycles. The molecule has 0 amide bonds. The van der Waals surface area contributed by atoms with Crippen molar-refractivity contribution in [1.29, 1.82) is 0 Å². The Balaban J connectivity index is 0.00000144. The molecule has 0 bridgehead atoms.